The normalized spacial score (nSPS) is 28.4. The van der Waals surface area contributed by atoms with Gasteiger partial charge in [0.1, 0.15) is 0 Å². The molecule has 0 aromatic heterocycles. The molecule has 0 amide bonds. The van der Waals surface area contributed by atoms with Crippen molar-refractivity contribution in [1.82, 2.24) is 0 Å². The highest BCUT2D eigenvalue weighted by atomic mass is 14.3. The van der Waals surface area contributed by atoms with E-state index < -0.39 is 0 Å². The predicted octanol–water partition coefficient (Wildman–Crippen LogP) is 3.35. The molecule has 3 aliphatic rings. The first-order chi connectivity index (χ1) is 5.45. The lowest BCUT2D eigenvalue weighted by Crippen LogP contribution is -1.80. The van der Waals surface area contributed by atoms with Gasteiger partial charge in [0, 0.05) is 0 Å². The van der Waals surface area contributed by atoms with Crippen molar-refractivity contribution < 1.29 is 0 Å². The molecule has 0 N–H and O–H groups in total. The molecule has 0 bridgehead atoms. The second-order valence-corrected chi connectivity index (χ2v) is 4.05. The van der Waals surface area contributed by atoms with Crippen LogP contribution in [0.15, 0.2) is 22.3 Å². The molecule has 0 aliphatic heterocycles. The van der Waals surface area contributed by atoms with Gasteiger partial charge in [0.2, 0.25) is 0 Å². The van der Waals surface area contributed by atoms with E-state index in [2.05, 4.69) is 0 Å². The number of allylic oxidation sites excluding steroid dienone is 4. The Morgan fingerprint density at radius 1 is 0.636 bits per heavy atom. The fourth-order valence-corrected chi connectivity index (χ4v) is 2.99. The van der Waals surface area contributed by atoms with Gasteiger partial charge in [-0.1, -0.05) is 11.1 Å². The number of fused-ring (bicyclic) bond motifs is 1. The first kappa shape index (κ1) is 6.05. The zero-order valence-corrected chi connectivity index (χ0v) is 6.95. The Morgan fingerprint density at radius 2 is 1.18 bits per heavy atom. The van der Waals surface area contributed by atoms with E-state index in [-0.39, 0.29) is 0 Å². The van der Waals surface area contributed by atoms with Crippen molar-refractivity contribution >= 4 is 0 Å². The maximum atomic E-state index is 1.81. The summed E-state index contributed by atoms with van der Waals surface area (Å²) in [5.74, 6) is 0. The van der Waals surface area contributed by atoms with Crippen molar-refractivity contribution in [3.63, 3.8) is 0 Å². The smallest absolute Gasteiger partial charge is 0.00966 e. The summed E-state index contributed by atoms with van der Waals surface area (Å²) in [5, 5.41) is 0. The number of rotatable bonds is 0. The molecule has 0 fully saturated rings. The van der Waals surface area contributed by atoms with E-state index in [1.165, 1.54) is 44.9 Å². The summed E-state index contributed by atoms with van der Waals surface area (Å²) < 4.78 is 0. The van der Waals surface area contributed by atoms with E-state index in [0.717, 1.165) is 0 Å². The molecular formula is C11H14. The molecule has 0 radical (unpaired) electrons. The summed E-state index contributed by atoms with van der Waals surface area (Å²) in [6, 6.07) is 0. The maximum absolute atomic E-state index is 1.81. The summed E-state index contributed by atoms with van der Waals surface area (Å²) in [6.07, 6.45) is 9.93. The van der Waals surface area contributed by atoms with Crippen molar-refractivity contribution in [3.05, 3.63) is 22.3 Å². The van der Waals surface area contributed by atoms with Crippen LogP contribution in [0.25, 0.3) is 0 Å². The zero-order chi connectivity index (χ0) is 7.26. The minimum Gasteiger partial charge on any atom is -0.0627 e. The Bertz CT molecular complexity index is 238. The van der Waals surface area contributed by atoms with Crippen LogP contribution in [0.5, 0.6) is 0 Å². The Balaban J connectivity index is 2.04. The third kappa shape index (κ3) is 0.702. The van der Waals surface area contributed by atoms with Crippen LogP contribution in [0.3, 0.4) is 0 Å². The lowest BCUT2D eigenvalue weighted by atomic mass is 10.1. The maximum Gasteiger partial charge on any atom is -0.00966 e. The molecule has 0 atom stereocenters. The molecule has 3 aliphatic carbocycles. The Kier molecular flexibility index (Phi) is 1.10. The Hall–Kier alpha value is -0.520. The first-order valence-electron chi connectivity index (χ1n) is 4.87. The standard InChI is InChI=1S/C11H14/c1-3-8-7-9-4-2-6-11(9)10(8)5-1/h1-7H2. The quantitative estimate of drug-likeness (QED) is 0.491. The van der Waals surface area contributed by atoms with E-state index in [1.807, 2.05) is 11.1 Å². The Morgan fingerprint density at radius 3 is 1.73 bits per heavy atom. The predicted molar refractivity (Wildman–Crippen MR) is 46.4 cm³/mol. The molecule has 0 heterocycles. The minimum atomic E-state index is 1.38. The van der Waals surface area contributed by atoms with Gasteiger partial charge in [-0.3, -0.25) is 0 Å². The third-order valence-electron chi connectivity index (χ3n) is 3.46. The van der Waals surface area contributed by atoms with Crippen LogP contribution in [0, 0.1) is 0 Å². The fourth-order valence-electron chi connectivity index (χ4n) is 2.99. The topological polar surface area (TPSA) is 0 Å². The van der Waals surface area contributed by atoms with Crippen molar-refractivity contribution in [2.45, 2.75) is 44.9 Å². The average Bonchev–Trinajstić information content (AvgIpc) is 2.52. The Labute approximate surface area is 68.0 Å². The van der Waals surface area contributed by atoms with Gasteiger partial charge in [-0.25, -0.2) is 0 Å². The van der Waals surface area contributed by atoms with E-state index in [1.54, 1.807) is 11.1 Å². The molecule has 0 nitrogen and oxygen atoms in total. The molecule has 11 heavy (non-hydrogen) atoms. The highest BCUT2D eigenvalue weighted by Crippen LogP contribution is 2.48. The van der Waals surface area contributed by atoms with Crippen LogP contribution in [-0.2, 0) is 0 Å². The lowest BCUT2D eigenvalue weighted by molar-refractivity contribution is 0.853. The molecular weight excluding hydrogens is 132 g/mol. The molecule has 0 spiro atoms. The molecule has 0 aromatic rings. The van der Waals surface area contributed by atoms with Gasteiger partial charge in [-0.05, 0) is 56.1 Å². The number of hydrogen-bond acceptors (Lipinski definition) is 0. The second kappa shape index (κ2) is 2.00. The lowest BCUT2D eigenvalue weighted by Gasteiger charge is -1.99. The van der Waals surface area contributed by atoms with Gasteiger partial charge in [-0.15, -0.1) is 0 Å². The SMILES string of the molecule is C1CC2=C(C1)C1=C(CCC1)C2. The molecule has 0 saturated carbocycles. The van der Waals surface area contributed by atoms with E-state index in [9.17, 15) is 0 Å². The second-order valence-electron chi connectivity index (χ2n) is 4.05. The van der Waals surface area contributed by atoms with Crippen LogP contribution >= 0.6 is 0 Å². The van der Waals surface area contributed by atoms with Crippen molar-refractivity contribution in [2.24, 2.45) is 0 Å². The van der Waals surface area contributed by atoms with Gasteiger partial charge in [0.05, 0.1) is 0 Å². The molecule has 3 rings (SSSR count). The van der Waals surface area contributed by atoms with Crippen LogP contribution in [-0.4, -0.2) is 0 Å². The fraction of sp³-hybridized carbons (Fsp3) is 0.636. The van der Waals surface area contributed by atoms with Gasteiger partial charge >= 0.3 is 0 Å². The van der Waals surface area contributed by atoms with Gasteiger partial charge in [0.25, 0.3) is 0 Å². The molecule has 0 unspecified atom stereocenters. The molecule has 0 saturated heterocycles. The van der Waals surface area contributed by atoms with Crippen molar-refractivity contribution in [1.29, 1.82) is 0 Å². The van der Waals surface area contributed by atoms with E-state index >= 15 is 0 Å². The molecule has 0 heteroatoms. The van der Waals surface area contributed by atoms with Gasteiger partial charge in [0.15, 0.2) is 0 Å². The van der Waals surface area contributed by atoms with Crippen LogP contribution < -0.4 is 0 Å². The number of hydrogen-bond donors (Lipinski definition) is 0. The summed E-state index contributed by atoms with van der Waals surface area (Å²) >= 11 is 0. The van der Waals surface area contributed by atoms with Gasteiger partial charge < -0.3 is 0 Å². The van der Waals surface area contributed by atoms with Gasteiger partial charge in [-0.2, -0.15) is 0 Å². The highest BCUT2D eigenvalue weighted by molar-refractivity contribution is 5.51. The van der Waals surface area contributed by atoms with E-state index in [4.69, 9.17) is 0 Å². The monoisotopic (exact) mass is 146 g/mol. The van der Waals surface area contributed by atoms with Crippen LogP contribution in [0.1, 0.15) is 44.9 Å². The average molecular weight is 146 g/mol. The minimum absolute atomic E-state index is 1.38. The summed E-state index contributed by atoms with van der Waals surface area (Å²) in [5.41, 5.74) is 7.24. The molecule has 0 aromatic carbocycles. The highest BCUT2D eigenvalue weighted by Gasteiger charge is 2.29. The summed E-state index contributed by atoms with van der Waals surface area (Å²) in [7, 11) is 0. The molecule has 58 valence electrons. The zero-order valence-electron chi connectivity index (χ0n) is 6.95. The van der Waals surface area contributed by atoms with Crippen LogP contribution in [0.2, 0.25) is 0 Å². The van der Waals surface area contributed by atoms with Crippen molar-refractivity contribution in [2.75, 3.05) is 0 Å². The third-order valence-corrected chi connectivity index (χ3v) is 3.46. The van der Waals surface area contributed by atoms with Crippen molar-refractivity contribution in [3.8, 4) is 0 Å². The van der Waals surface area contributed by atoms with E-state index in [0.29, 0.717) is 0 Å². The summed E-state index contributed by atoms with van der Waals surface area (Å²) in [6.45, 7) is 0. The van der Waals surface area contributed by atoms with Crippen LogP contribution in [0.4, 0.5) is 0 Å². The first-order valence-corrected chi connectivity index (χ1v) is 4.87. The largest absolute Gasteiger partial charge is 0.0627 e. The summed E-state index contributed by atoms with van der Waals surface area (Å²) in [4.78, 5) is 0.